The highest BCUT2D eigenvalue weighted by molar-refractivity contribution is 5.81. The molecule has 0 radical (unpaired) electrons. The molecule has 0 fully saturated rings. The van der Waals surface area contributed by atoms with Gasteiger partial charge in [0.2, 0.25) is 0 Å². The lowest BCUT2D eigenvalue weighted by Gasteiger charge is -2.18. The van der Waals surface area contributed by atoms with Crippen LogP contribution >= 0.6 is 0 Å². The number of rotatable bonds is 9. The molecular formula is C21H25NO6. The molecule has 0 aliphatic rings. The van der Waals surface area contributed by atoms with E-state index in [-0.39, 0.29) is 12.6 Å². The zero-order chi connectivity index (χ0) is 20.5. The normalized spacial score (nSPS) is 11.3. The molecule has 150 valence electrons. The lowest BCUT2D eigenvalue weighted by molar-refractivity contribution is -0.150. The summed E-state index contributed by atoms with van der Waals surface area (Å²) in [6.45, 7) is 3.02. The third kappa shape index (κ3) is 5.90. The Morgan fingerprint density at radius 1 is 1.00 bits per heavy atom. The van der Waals surface area contributed by atoms with E-state index in [1.165, 1.54) is 0 Å². The van der Waals surface area contributed by atoms with Crippen LogP contribution in [0.2, 0.25) is 0 Å². The van der Waals surface area contributed by atoms with Crippen molar-refractivity contribution in [2.24, 2.45) is 0 Å². The molecule has 0 bridgehead atoms. The van der Waals surface area contributed by atoms with Crippen LogP contribution < -0.4 is 19.5 Å². The molecule has 0 aliphatic carbocycles. The summed E-state index contributed by atoms with van der Waals surface area (Å²) in [6.07, 6.45) is 0. The van der Waals surface area contributed by atoms with Gasteiger partial charge in [0.25, 0.3) is 5.91 Å². The molecule has 0 spiro atoms. The number of benzene rings is 2. The van der Waals surface area contributed by atoms with Crippen LogP contribution in [0.25, 0.3) is 0 Å². The summed E-state index contributed by atoms with van der Waals surface area (Å²) >= 11 is 0. The van der Waals surface area contributed by atoms with Crippen molar-refractivity contribution >= 4 is 11.9 Å². The van der Waals surface area contributed by atoms with Crippen molar-refractivity contribution < 1.29 is 28.5 Å². The minimum atomic E-state index is -0.620. The fourth-order valence-electron chi connectivity index (χ4n) is 2.58. The minimum Gasteiger partial charge on any atom is -0.497 e. The highest BCUT2D eigenvalue weighted by Gasteiger charge is 2.16. The molecule has 2 aromatic rings. The number of nitrogens with one attached hydrogen (secondary N) is 1. The molecule has 0 saturated carbocycles. The summed E-state index contributed by atoms with van der Waals surface area (Å²) in [4.78, 5) is 23.9. The second-order valence-electron chi connectivity index (χ2n) is 6.11. The largest absolute Gasteiger partial charge is 0.497 e. The maximum absolute atomic E-state index is 12.1. The van der Waals surface area contributed by atoms with E-state index in [1.54, 1.807) is 45.4 Å². The molecule has 0 aromatic heterocycles. The quantitative estimate of drug-likeness (QED) is 0.666. The molecule has 7 nitrogen and oxygen atoms in total. The van der Waals surface area contributed by atoms with Crippen LogP contribution in [0.15, 0.2) is 42.5 Å². The number of amides is 1. The number of methoxy groups -OCH3 is 2. The van der Waals surface area contributed by atoms with Gasteiger partial charge in [-0.25, -0.2) is 4.79 Å². The number of carbonyl (C=O) groups is 2. The summed E-state index contributed by atoms with van der Waals surface area (Å²) < 4.78 is 20.9. The molecule has 0 saturated heterocycles. The summed E-state index contributed by atoms with van der Waals surface area (Å²) in [5.41, 5.74) is 1.67. The maximum atomic E-state index is 12.1. The molecule has 1 atom stereocenters. The Hall–Kier alpha value is -3.22. The monoisotopic (exact) mass is 387 g/mol. The Labute approximate surface area is 164 Å². The summed E-state index contributed by atoms with van der Waals surface area (Å²) in [6, 6.07) is 12.3. The number of para-hydroxylation sites is 1. The Bertz CT molecular complexity index is 820. The van der Waals surface area contributed by atoms with Crippen molar-refractivity contribution in [2.45, 2.75) is 19.9 Å². The van der Waals surface area contributed by atoms with Crippen molar-refractivity contribution in [1.29, 1.82) is 0 Å². The number of carbonyl (C=O) groups excluding carboxylic acids is 2. The average Bonchev–Trinajstić information content (AvgIpc) is 2.71. The van der Waals surface area contributed by atoms with E-state index in [0.717, 1.165) is 11.1 Å². The first-order chi connectivity index (χ1) is 13.4. The fraction of sp³-hybridized carbons (Fsp3) is 0.333. The highest BCUT2D eigenvalue weighted by atomic mass is 16.6. The van der Waals surface area contributed by atoms with Crippen molar-refractivity contribution in [1.82, 2.24) is 5.32 Å². The minimum absolute atomic E-state index is 0.266. The first-order valence-electron chi connectivity index (χ1n) is 8.80. The third-order valence-electron chi connectivity index (χ3n) is 4.08. The van der Waals surface area contributed by atoms with Gasteiger partial charge >= 0.3 is 5.97 Å². The lowest BCUT2D eigenvalue weighted by Crippen LogP contribution is -2.32. The molecule has 0 aliphatic heterocycles. The van der Waals surface area contributed by atoms with E-state index in [9.17, 15) is 9.59 Å². The molecule has 2 rings (SSSR count). The fourth-order valence-corrected chi connectivity index (χ4v) is 2.58. The molecule has 0 unspecified atom stereocenters. The summed E-state index contributed by atoms with van der Waals surface area (Å²) in [5, 5.41) is 2.77. The second kappa shape index (κ2) is 10.2. The van der Waals surface area contributed by atoms with E-state index in [4.69, 9.17) is 18.9 Å². The van der Waals surface area contributed by atoms with E-state index < -0.39 is 18.5 Å². The number of aryl methyl sites for hydroxylation is 1. The van der Waals surface area contributed by atoms with Crippen LogP contribution in [0.3, 0.4) is 0 Å². The van der Waals surface area contributed by atoms with Gasteiger partial charge in [0.15, 0.2) is 13.2 Å². The average molecular weight is 387 g/mol. The predicted octanol–water partition coefficient (Wildman–Crippen LogP) is 2.81. The van der Waals surface area contributed by atoms with E-state index in [2.05, 4.69) is 5.32 Å². The van der Waals surface area contributed by atoms with Gasteiger partial charge in [-0.1, -0.05) is 18.2 Å². The maximum Gasteiger partial charge on any atom is 0.344 e. The van der Waals surface area contributed by atoms with Crippen molar-refractivity contribution in [3.05, 3.63) is 53.6 Å². The Kier molecular flexibility index (Phi) is 7.68. The Morgan fingerprint density at radius 2 is 1.75 bits per heavy atom. The highest BCUT2D eigenvalue weighted by Crippen LogP contribution is 2.29. The molecule has 28 heavy (non-hydrogen) atoms. The van der Waals surface area contributed by atoms with Gasteiger partial charge in [-0.2, -0.15) is 0 Å². The Morgan fingerprint density at radius 3 is 2.43 bits per heavy atom. The molecular weight excluding hydrogens is 362 g/mol. The van der Waals surface area contributed by atoms with Gasteiger partial charge in [0.1, 0.15) is 17.2 Å². The van der Waals surface area contributed by atoms with Gasteiger partial charge in [0, 0.05) is 5.56 Å². The van der Waals surface area contributed by atoms with Crippen molar-refractivity contribution in [2.75, 3.05) is 27.4 Å². The third-order valence-corrected chi connectivity index (χ3v) is 4.08. The first-order valence-corrected chi connectivity index (χ1v) is 8.80. The van der Waals surface area contributed by atoms with Crippen LogP contribution in [0.4, 0.5) is 0 Å². The topological polar surface area (TPSA) is 83.1 Å². The van der Waals surface area contributed by atoms with Gasteiger partial charge in [-0.05, 0) is 43.7 Å². The SMILES string of the molecule is COc1ccc(OC)c([C@@H](C)NC(=O)COC(=O)COc2ccccc2C)c1. The van der Waals surface area contributed by atoms with Crippen molar-refractivity contribution in [3.8, 4) is 17.2 Å². The van der Waals surface area contributed by atoms with Crippen LogP contribution in [-0.2, 0) is 14.3 Å². The smallest absolute Gasteiger partial charge is 0.344 e. The number of hydrogen-bond acceptors (Lipinski definition) is 6. The van der Waals surface area contributed by atoms with Gasteiger partial charge < -0.3 is 24.3 Å². The molecule has 1 amide bonds. The standard InChI is InChI=1S/C21H25NO6/c1-14-7-5-6-8-18(14)27-13-21(24)28-12-20(23)22-15(2)17-11-16(25-3)9-10-19(17)26-4/h5-11,15H,12-13H2,1-4H3,(H,22,23)/t15-/m1/s1. The lowest BCUT2D eigenvalue weighted by atomic mass is 10.1. The first kappa shape index (κ1) is 21.1. The zero-order valence-electron chi connectivity index (χ0n) is 16.5. The number of hydrogen-bond donors (Lipinski definition) is 1. The zero-order valence-corrected chi connectivity index (χ0v) is 16.5. The molecule has 1 N–H and O–H groups in total. The van der Waals surface area contributed by atoms with Gasteiger partial charge in [-0.15, -0.1) is 0 Å². The molecule has 0 heterocycles. The molecule has 7 heteroatoms. The van der Waals surface area contributed by atoms with Crippen LogP contribution in [0.1, 0.15) is 24.1 Å². The van der Waals surface area contributed by atoms with E-state index >= 15 is 0 Å². The van der Waals surface area contributed by atoms with Crippen molar-refractivity contribution in [3.63, 3.8) is 0 Å². The summed E-state index contributed by atoms with van der Waals surface area (Å²) in [5.74, 6) is 0.822. The molecule has 2 aromatic carbocycles. The van der Waals surface area contributed by atoms with E-state index in [0.29, 0.717) is 17.2 Å². The summed E-state index contributed by atoms with van der Waals surface area (Å²) in [7, 11) is 3.11. The van der Waals surface area contributed by atoms with E-state index in [1.807, 2.05) is 25.1 Å². The van der Waals surface area contributed by atoms with Crippen LogP contribution in [-0.4, -0.2) is 39.3 Å². The van der Waals surface area contributed by atoms with Gasteiger partial charge in [-0.3, -0.25) is 4.79 Å². The van der Waals surface area contributed by atoms with Gasteiger partial charge in [0.05, 0.1) is 20.3 Å². The Balaban J connectivity index is 1.83. The van der Waals surface area contributed by atoms with Crippen LogP contribution in [0, 0.1) is 6.92 Å². The second-order valence-corrected chi connectivity index (χ2v) is 6.11. The van der Waals surface area contributed by atoms with Crippen LogP contribution in [0.5, 0.6) is 17.2 Å². The predicted molar refractivity (Wildman–Crippen MR) is 104 cm³/mol. The number of ether oxygens (including phenoxy) is 4. The number of esters is 1.